The van der Waals surface area contributed by atoms with E-state index in [2.05, 4.69) is 9.97 Å². The second-order valence-corrected chi connectivity index (χ2v) is 7.55. The number of furan rings is 1. The molecule has 2 amide bonds. The Balaban J connectivity index is 1.37. The van der Waals surface area contributed by atoms with E-state index in [1.54, 1.807) is 43.3 Å². The number of nitrogens with zero attached hydrogens (tertiary/aromatic N) is 2. The Bertz CT molecular complexity index is 1470. The fourth-order valence-electron chi connectivity index (χ4n) is 3.70. The van der Waals surface area contributed by atoms with Gasteiger partial charge in [0.2, 0.25) is 0 Å². The maximum atomic E-state index is 12.8. The number of carbonyl (C=O) groups is 3. The molecule has 0 radical (unpaired) electrons. The number of amides is 2. The summed E-state index contributed by atoms with van der Waals surface area (Å²) < 4.78 is 10.7. The van der Waals surface area contributed by atoms with Gasteiger partial charge >= 0.3 is 5.97 Å². The lowest BCUT2D eigenvalue weighted by atomic mass is 10.1. The van der Waals surface area contributed by atoms with Gasteiger partial charge in [0.25, 0.3) is 17.4 Å². The molecule has 0 unspecified atom stereocenters. The molecule has 0 spiro atoms. The van der Waals surface area contributed by atoms with Crippen LogP contribution in [0.3, 0.4) is 0 Å². The summed E-state index contributed by atoms with van der Waals surface area (Å²) in [6.45, 7) is 1.58. The maximum Gasteiger partial charge on any atom is 0.338 e. The van der Waals surface area contributed by atoms with Gasteiger partial charge in [-0.3, -0.25) is 19.3 Å². The molecule has 0 saturated carbocycles. The Labute approximate surface area is 186 Å². The number of benzene rings is 2. The fraction of sp³-hybridized carbons (Fsp3) is 0.125. The lowest BCUT2D eigenvalue weighted by Gasteiger charge is -2.13. The molecule has 1 aliphatic rings. The number of carbonyl (C=O) groups excluding carboxylic acids is 3. The van der Waals surface area contributed by atoms with Gasteiger partial charge in [-0.05, 0) is 49.4 Å². The molecule has 2 aromatic heterocycles. The molecule has 9 heteroatoms. The standard InChI is InChI=1S/C24H17N3O6/c1-13(20-25-19-7-3-2-6-17(19)21(28)26-20)33-24(31)14-8-9-16-18(11-14)23(30)27(22(16)29)12-15-5-4-10-32-15/h2-11,13H,12H2,1H3,(H,25,26,28)/t13-/m1/s1. The van der Waals surface area contributed by atoms with Crippen LogP contribution in [0, 0.1) is 0 Å². The van der Waals surface area contributed by atoms with E-state index in [1.165, 1.54) is 24.5 Å². The SMILES string of the molecule is C[C@@H](OC(=O)c1ccc2c(c1)C(=O)N(Cc1ccco1)C2=O)c1nc2ccccc2c(=O)[nH]1. The highest BCUT2D eigenvalue weighted by Gasteiger charge is 2.36. The van der Waals surface area contributed by atoms with Crippen LogP contribution in [0.15, 0.2) is 70.1 Å². The van der Waals surface area contributed by atoms with Crippen molar-refractivity contribution in [1.82, 2.24) is 14.9 Å². The molecule has 0 bridgehead atoms. The minimum absolute atomic E-state index is 0.00282. The van der Waals surface area contributed by atoms with Crippen molar-refractivity contribution in [3.05, 3.63) is 99.5 Å². The molecule has 0 aliphatic carbocycles. The van der Waals surface area contributed by atoms with Crippen molar-refractivity contribution in [1.29, 1.82) is 0 Å². The van der Waals surface area contributed by atoms with Crippen LogP contribution in [0.4, 0.5) is 0 Å². The minimum Gasteiger partial charge on any atom is -0.467 e. The molecule has 0 fully saturated rings. The Kier molecular flexibility index (Phi) is 4.86. The largest absolute Gasteiger partial charge is 0.467 e. The summed E-state index contributed by atoms with van der Waals surface area (Å²) in [4.78, 5) is 58.5. The molecule has 2 aromatic carbocycles. The Morgan fingerprint density at radius 1 is 1.06 bits per heavy atom. The van der Waals surface area contributed by atoms with Gasteiger partial charge in [0.05, 0.1) is 40.4 Å². The third kappa shape index (κ3) is 3.59. The molecule has 1 aliphatic heterocycles. The number of hydrogen-bond acceptors (Lipinski definition) is 7. The molecule has 1 atom stereocenters. The summed E-state index contributed by atoms with van der Waals surface area (Å²) in [6.07, 6.45) is 0.608. The predicted octanol–water partition coefficient (Wildman–Crippen LogP) is 3.23. The van der Waals surface area contributed by atoms with E-state index in [4.69, 9.17) is 9.15 Å². The van der Waals surface area contributed by atoms with Gasteiger partial charge in [-0.25, -0.2) is 9.78 Å². The third-order valence-corrected chi connectivity index (χ3v) is 5.40. The molecule has 0 saturated heterocycles. The molecule has 3 heterocycles. The maximum absolute atomic E-state index is 12.8. The van der Waals surface area contributed by atoms with E-state index < -0.39 is 23.9 Å². The molecule has 1 N–H and O–H groups in total. The number of ether oxygens (including phenoxy) is 1. The average molecular weight is 443 g/mol. The average Bonchev–Trinajstić information content (AvgIpc) is 3.42. The van der Waals surface area contributed by atoms with Crippen LogP contribution in [-0.2, 0) is 11.3 Å². The van der Waals surface area contributed by atoms with Crippen molar-refractivity contribution >= 4 is 28.7 Å². The number of aromatic nitrogens is 2. The normalized spacial score (nSPS) is 13.9. The number of imide groups is 1. The smallest absolute Gasteiger partial charge is 0.338 e. The summed E-state index contributed by atoms with van der Waals surface area (Å²) in [7, 11) is 0. The van der Waals surface area contributed by atoms with Crippen LogP contribution in [0.25, 0.3) is 10.9 Å². The highest BCUT2D eigenvalue weighted by Crippen LogP contribution is 2.27. The van der Waals surface area contributed by atoms with E-state index >= 15 is 0 Å². The Hall–Kier alpha value is -4.53. The Morgan fingerprint density at radius 2 is 1.85 bits per heavy atom. The van der Waals surface area contributed by atoms with Gasteiger partial charge in [0.15, 0.2) is 11.9 Å². The van der Waals surface area contributed by atoms with Crippen molar-refractivity contribution in [2.24, 2.45) is 0 Å². The second-order valence-electron chi connectivity index (χ2n) is 7.55. The number of esters is 1. The topological polar surface area (TPSA) is 123 Å². The molecule has 33 heavy (non-hydrogen) atoms. The lowest BCUT2D eigenvalue weighted by Crippen LogP contribution is -2.28. The summed E-state index contributed by atoms with van der Waals surface area (Å²) in [5, 5.41) is 0.431. The monoisotopic (exact) mass is 443 g/mol. The first-order valence-corrected chi connectivity index (χ1v) is 10.1. The summed E-state index contributed by atoms with van der Waals surface area (Å²) >= 11 is 0. The van der Waals surface area contributed by atoms with Gasteiger partial charge in [-0.1, -0.05) is 12.1 Å². The van der Waals surface area contributed by atoms with Gasteiger partial charge in [0, 0.05) is 0 Å². The quantitative estimate of drug-likeness (QED) is 0.371. The Morgan fingerprint density at radius 3 is 2.64 bits per heavy atom. The minimum atomic E-state index is -0.851. The van der Waals surface area contributed by atoms with Crippen LogP contribution >= 0.6 is 0 Å². The first kappa shape index (κ1) is 20.4. The lowest BCUT2D eigenvalue weighted by molar-refractivity contribution is 0.0319. The zero-order valence-corrected chi connectivity index (χ0v) is 17.4. The predicted molar refractivity (Wildman–Crippen MR) is 116 cm³/mol. The highest BCUT2D eigenvalue weighted by molar-refractivity contribution is 6.21. The van der Waals surface area contributed by atoms with Crippen LogP contribution in [0.1, 0.15) is 55.7 Å². The van der Waals surface area contributed by atoms with Crippen LogP contribution < -0.4 is 5.56 Å². The van der Waals surface area contributed by atoms with Crippen LogP contribution in [-0.4, -0.2) is 32.7 Å². The van der Waals surface area contributed by atoms with Crippen molar-refractivity contribution in [3.8, 4) is 0 Å². The number of rotatable bonds is 5. The first-order chi connectivity index (χ1) is 15.9. The number of nitrogens with one attached hydrogen (secondary N) is 1. The summed E-state index contributed by atoms with van der Waals surface area (Å²) in [6, 6.07) is 14.4. The molecule has 5 rings (SSSR count). The molecule has 4 aromatic rings. The van der Waals surface area contributed by atoms with E-state index in [1.807, 2.05) is 0 Å². The summed E-state index contributed by atoms with van der Waals surface area (Å²) in [5.41, 5.74) is 0.571. The van der Waals surface area contributed by atoms with Crippen molar-refractivity contribution in [2.45, 2.75) is 19.6 Å². The van der Waals surface area contributed by atoms with Crippen LogP contribution in [0.5, 0.6) is 0 Å². The zero-order chi connectivity index (χ0) is 23.1. The summed E-state index contributed by atoms with van der Waals surface area (Å²) in [5.74, 6) is -1.03. The van der Waals surface area contributed by atoms with Gasteiger partial charge in [0.1, 0.15) is 5.76 Å². The molecule has 164 valence electrons. The number of aromatic amines is 1. The van der Waals surface area contributed by atoms with Gasteiger partial charge in [-0.2, -0.15) is 0 Å². The number of para-hydroxylation sites is 1. The van der Waals surface area contributed by atoms with E-state index in [0.29, 0.717) is 16.7 Å². The number of hydrogen-bond donors (Lipinski definition) is 1. The van der Waals surface area contributed by atoms with E-state index in [-0.39, 0.29) is 34.6 Å². The molecule has 9 nitrogen and oxygen atoms in total. The zero-order valence-electron chi connectivity index (χ0n) is 17.4. The van der Waals surface area contributed by atoms with Gasteiger partial charge in [-0.15, -0.1) is 0 Å². The highest BCUT2D eigenvalue weighted by atomic mass is 16.5. The van der Waals surface area contributed by atoms with E-state index in [9.17, 15) is 19.2 Å². The number of H-pyrrole nitrogens is 1. The number of fused-ring (bicyclic) bond motifs is 2. The van der Waals surface area contributed by atoms with Crippen molar-refractivity contribution < 1.29 is 23.5 Å². The van der Waals surface area contributed by atoms with Gasteiger partial charge < -0.3 is 14.1 Å². The van der Waals surface area contributed by atoms with Crippen molar-refractivity contribution in [2.75, 3.05) is 0 Å². The van der Waals surface area contributed by atoms with E-state index in [0.717, 1.165) is 4.90 Å². The van der Waals surface area contributed by atoms with Crippen LogP contribution in [0.2, 0.25) is 0 Å². The fourth-order valence-corrected chi connectivity index (χ4v) is 3.70. The molecular formula is C24H17N3O6. The molecular weight excluding hydrogens is 426 g/mol. The second kappa shape index (κ2) is 7.86. The van der Waals surface area contributed by atoms with Crippen molar-refractivity contribution in [3.63, 3.8) is 0 Å². The first-order valence-electron chi connectivity index (χ1n) is 10.1. The third-order valence-electron chi connectivity index (χ3n) is 5.40.